The standard InChI is InChI=1S/C6H12N2O2.C5H11NO/c7-4-5-2-1-3-8(5)6(9)10;1-6-2-4-7-5-3-6/h5H,1-4,7H2,(H,9,10);2-5H2,1H3. The summed E-state index contributed by atoms with van der Waals surface area (Å²) in [5, 5.41) is 8.59. The zero-order valence-corrected chi connectivity index (χ0v) is 10.5. The fourth-order valence-electron chi connectivity index (χ4n) is 1.99. The summed E-state index contributed by atoms with van der Waals surface area (Å²) in [7, 11) is 2.11. The molecule has 6 heteroatoms. The molecule has 1 unspecified atom stereocenters. The van der Waals surface area contributed by atoms with Gasteiger partial charge in [-0.2, -0.15) is 0 Å². The van der Waals surface area contributed by atoms with Crippen molar-refractivity contribution >= 4 is 6.09 Å². The lowest BCUT2D eigenvalue weighted by atomic mass is 10.2. The first-order chi connectivity index (χ1) is 8.15. The molecule has 0 spiro atoms. The second-order valence-corrected chi connectivity index (χ2v) is 4.42. The first kappa shape index (κ1) is 14.2. The molecule has 0 bridgehead atoms. The number of hydrogen-bond acceptors (Lipinski definition) is 4. The third-order valence-electron chi connectivity index (χ3n) is 3.13. The molecule has 2 saturated heterocycles. The smallest absolute Gasteiger partial charge is 0.407 e. The van der Waals surface area contributed by atoms with Crippen molar-refractivity contribution in [3.05, 3.63) is 0 Å². The topological polar surface area (TPSA) is 79.0 Å². The molecular weight excluding hydrogens is 222 g/mol. The maximum Gasteiger partial charge on any atom is 0.407 e. The number of amides is 1. The lowest BCUT2D eigenvalue weighted by Gasteiger charge is -2.21. The molecule has 3 N–H and O–H groups in total. The number of carboxylic acid groups (broad SMARTS) is 1. The number of rotatable bonds is 1. The molecule has 0 aromatic rings. The molecule has 0 saturated carbocycles. The molecular formula is C11H23N3O3. The highest BCUT2D eigenvalue weighted by atomic mass is 16.5. The SMILES string of the molecule is CN1CCOCC1.NCC1CCCN1C(=O)O. The van der Waals surface area contributed by atoms with Crippen LogP contribution in [0.4, 0.5) is 4.79 Å². The highest BCUT2D eigenvalue weighted by Crippen LogP contribution is 2.15. The highest BCUT2D eigenvalue weighted by molar-refractivity contribution is 5.65. The first-order valence-electron chi connectivity index (χ1n) is 6.11. The van der Waals surface area contributed by atoms with E-state index >= 15 is 0 Å². The summed E-state index contributed by atoms with van der Waals surface area (Å²) in [4.78, 5) is 14.1. The van der Waals surface area contributed by atoms with Crippen LogP contribution in [-0.4, -0.2) is 73.5 Å². The van der Waals surface area contributed by atoms with E-state index in [1.54, 1.807) is 0 Å². The van der Waals surface area contributed by atoms with Crippen LogP contribution in [-0.2, 0) is 4.74 Å². The molecule has 0 radical (unpaired) electrons. The lowest BCUT2D eigenvalue weighted by Crippen LogP contribution is -2.38. The van der Waals surface area contributed by atoms with Crippen molar-refractivity contribution in [1.82, 2.24) is 9.80 Å². The number of ether oxygens (including phenoxy) is 1. The van der Waals surface area contributed by atoms with Gasteiger partial charge in [-0.3, -0.25) is 0 Å². The van der Waals surface area contributed by atoms with Gasteiger partial charge in [0.2, 0.25) is 0 Å². The van der Waals surface area contributed by atoms with Crippen molar-refractivity contribution in [2.45, 2.75) is 18.9 Å². The van der Waals surface area contributed by atoms with Gasteiger partial charge in [0.1, 0.15) is 0 Å². The summed E-state index contributed by atoms with van der Waals surface area (Å²) in [6.45, 7) is 5.12. The number of carbonyl (C=O) groups is 1. The molecule has 0 aromatic heterocycles. The molecule has 2 heterocycles. The predicted octanol–water partition coefficient (Wildman–Crippen LogP) is 0.0359. The zero-order chi connectivity index (χ0) is 12.7. The Hall–Kier alpha value is -0.850. The molecule has 2 aliphatic heterocycles. The zero-order valence-electron chi connectivity index (χ0n) is 10.5. The van der Waals surface area contributed by atoms with Gasteiger partial charge < -0.3 is 25.4 Å². The van der Waals surface area contributed by atoms with E-state index < -0.39 is 6.09 Å². The monoisotopic (exact) mass is 245 g/mol. The van der Waals surface area contributed by atoms with Gasteiger partial charge in [0, 0.05) is 32.2 Å². The second kappa shape index (κ2) is 7.47. The van der Waals surface area contributed by atoms with E-state index in [1.807, 2.05) is 0 Å². The van der Waals surface area contributed by atoms with E-state index in [-0.39, 0.29) is 6.04 Å². The summed E-state index contributed by atoms with van der Waals surface area (Å²) >= 11 is 0. The molecule has 2 fully saturated rings. The third-order valence-corrected chi connectivity index (χ3v) is 3.13. The van der Waals surface area contributed by atoms with E-state index in [9.17, 15) is 4.79 Å². The van der Waals surface area contributed by atoms with Gasteiger partial charge in [-0.05, 0) is 19.9 Å². The lowest BCUT2D eigenvalue weighted by molar-refractivity contribution is 0.0503. The Morgan fingerprint density at radius 2 is 2.06 bits per heavy atom. The van der Waals surface area contributed by atoms with Crippen LogP contribution in [0.1, 0.15) is 12.8 Å². The number of likely N-dealkylation sites (N-methyl/N-ethyl adjacent to an activating group) is 1. The minimum Gasteiger partial charge on any atom is -0.465 e. The van der Waals surface area contributed by atoms with E-state index in [4.69, 9.17) is 15.6 Å². The van der Waals surface area contributed by atoms with Gasteiger partial charge in [-0.15, -0.1) is 0 Å². The summed E-state index contributed by atoms with van der Waals surface area (Å²) in [6, 6.07) is 0.0671. The Kier molecular flexibility index (Phi) is 6.25. The van der Waals surface area contributed by atoms with E-state index in [1.165, 1.54) is 4.90 Å². The quantitative estimate of drug-likeness (QED) is 0.681. The predicted molar refractivity (Wildman–Crippen MR) is 65.1 cm³/mol. The van der Waals surface area contributed by atoms with Crippen LogP contribution >= 0.6 is 0 Å². The number of nitrogens with two attached hydrogens (primary N) is 1. The normalized spacial score (nSPS) is 25.3. The number of likely N-dealkylation sites (tertiary alicyclic amines) is 1. The Bertz CT molecular complexity index is 232. The van der Waals surface area contributed by atoms with Crippen molar-refractivity contribution in [2.75, 3.05) is 46.4 Å². The first-order valence-corrected chi connectivity index (χ1v) is 6.11. The van der Waals surface area contributed by atoms with Crippen LogP contribution in [0.5, 0.6) is 0 Å². The fourth-order valence-corrected chi connectivity index (χ4v) is 1.99. The van der Waals surface area contributed by atoms with Crippen LogP contribution in [0.25, 0.3) is 0 Å². The molecule has 17 heavy (non-hydrogen) atoms. The fraction of sp³-hybridized carbons (Fsp3) is 0.909. The van der Waals surface area contributed by atoms with Crippen LogP contribution in [0, 0.1) is 0 Å². The highest BCUT2D eigenvalue weighted by Gasteiger charge is 2.26. The van der Waals surface area contributed by atoms with Gasteiger partial charge in [0.15, 0.2) is 0 Å². The van der Waals surface area contributed by atoms with E-state index in [0.717, 1.165) is 39.1 Å². The van der Waals surface area contributed by atoms with Crippen molar-refractivity contribution in [1.29, 1.82) is 0 Å². The van der Waals surface area contributed by atoms with Crippen LogP contribution in [0.3, 0.4) is 0 Å². The maximum atomic E-state index is 10.4. The van der Waals surface area contributed by atoms with Crippen LogP contribution in [0.15, 0.2) is 0 Å². The Morgan fingerprint density at radius 1 is 1.41 bits per heavy atom. The number of hydrogen-bond donors (Lipinski definition) is 2. The molecule has 100 valence electrons. The maximum absolute atomic E-state index is 10.4. The summed E-state index contributed by atoms with van der Waals surface area (Å²) in [5.41, 5.74) is 5.36. The van der Waals surface area contributed by atoms with Gasteiger partial charge in [0.25, 0.3) is 0 Å². The Morgan fingerprint density at radius 3 is 2.41 bits per heavy atom. The second-order valence-electron chi connectivity index (χ2n) is 4.42. The van der Waals surface area contributed by atoms with Crippen molar-refractivity contribution < 1.29 is 14.6 Å². The molecule has 0 aliphatic carbocycles. The van der Waals surface area contributed by atoms with E-state index in [0.29, 0.717) is 13.1 Å². The molecule has 2 aliphatic rings. The van der Waals surface area contributed by atoms with Crippen molar-refractivity contribution in [3.8, 4) is 0 Å². The molecule has 2 rings (SSSR count). The molecule has 1 atom stereocenters. The minimum absolute atomic E-state index is 0.0671. The number of morpholine rings is 1. The van der Waals surface area contributed by atoms with Gasteiger partial charge in [0.05, 0.1) is 13.2 Å². The van der Waals surface area contributed by atoms with Gasteiger partial charge >= 0.3 is 6.09 Å². The minimum atomic E-state index is -0.840. The summed E-state index contributed by atoms with van der Waals surface area (Å²) < 4.78 is 5.10. The van der Waals surface area contributed by atoms with Crippen molar-refractivity contribution in [2.24, 2.45) is 5.73 Å². The van der Waals surface area contributed by atoms with Crippen LogP contribution in [0.2, 0.25) is 0 Å². The largest absolute Gasteiger partial charge is 0.465 e. The molecule has 1 amide bonds. The van der Waals surface area contributed by atoms with Gasteiger partial charge in [-0.25, -0.2) is 4.79 Å². The Labute approximate surface area is 102 Å². The Balaban J connectivity index is 0.000000181. The van der Waals surface area contributed by atoms with Gasteiger partial charge in [-0.1, -0.05) is 0 Å². The van der Waals surface area contributed by atoms with Crippen molar-refractivity contribution in [3.63, 3.8) is 0 Å². The van der Waals surface area contributed by atoms with E-state index in [2.05, 4.69) is 11.9 Å². The van der Waals surface area contributed by atoms with Crippen LogP contribution < -0.4 is 5.73 Å². The summed E-state index contributed by atoms with van der Waals surface area (Å²) in [5.74, 6) is 0. The molecule has 0 aromatic carbocycles. The average molecular weight is 245 g/mol. The average Bonchev–Trinajstić information content (AvgIpc) is 2.79. The summed E-state index contributed by atoms with van der Waals surface area (Å²) in [6.07, 6.45) is 1.03. The number of nitrogens with zero attached hydrogens (tertiary/aromatic N) is 2. The third kappa shape index (κ3) is 4.89. The molecule has 6 nitrogen and oxygen atoms in total.